The average Bonchev–Trinajstić information content (AvgIpc) is 3.31. The molecule has 0 unspecified atom stereocenters. The summed E-state index contributed by atoms with van der Waals surface area (Å²) in [6.45, 7) is -1.11. The fraction of sp³-hybridized carbons (Fsp3) is 0.222. The zero-order valence-corrected chi connectivity index (χ0v) is 14.9. The summed E-state index contributed by atoms with van der Waals surface area (Å²) in [5.41, 5.74) is 2.51. The van der Waals surface area contributed by atoms with Gasteiger partial charge in [-0.25, -0.2) is 0 Å². The minimum Gasteiger partial charge on any atom is -0.367 e. The number of hydrogen-bond donors (Lipinski definition) is 2. The summed E-state index contributed by atoms with van der Waals surface area (Å²) in [5, 5.41) is 11.5. The minimum absolute atomic E-state index is 0.120. The molecular formula is C18H16F3N3O2S. The second kappa shape index (κ2) is 8.36. The van der Waals surface area contributed by atoms with Crippen LogP contribution in [0.25, 0.3) is 10.6 Å². The van der Waals surface area contributed by atoms with Crippen molar-refractivity contribution in [3.8, 4) is 10.6 Å². The van der Waals surface area contributed by atoms with E-state index in [4.69, 9.17) is 0 Å². The van der Waals surface area contributed by atoms with Gasteiger partial charge in [0.15, 0.2) is 5.69 Å². The molecule has 9 heteroatoms. The van der Waals surface area contributed by atoms with Crippen molar-refractivity contribution in [3.63, 3.8) is 0 Å². The summed E-state index contributed by atoms with van der Waals surface area (Å²) < 4.78 is 40.8. The number of aromatic nitrogens is 2. The highest BCUT2D eigenvalue weighted by Crippen LogP contribution is 2.22. The topological polar surface area (TPSA) is 67.0 Å². The monoisotopic (exact) mass is 395 g/mol. The molecule has 0 spiro atoms. The van der Waals surface area contributed by atoms with Crippen molar-refractivity contribution < 1.29 is 22.7 Å². The van der Waals surface area contributed by atoms with Gasteiger partial charge in [-0.1, -0.05) is 30.3 Å². The molecule has 2 aromatic heterocycles. The maximum Gasteiger partial charge on any atom is 0.411 e. The van der Waals surface area contributed by atoms with Crippen LogP contribution in [0.1, 0.15) is 21.6 Å². The first kappa shape index (κ1) is 19.1. The number of H-pyrrole nitrogens is 1. The highest BCUT2D eigenvalue weighted by atomic mass is 32.1. The molecule has 1 aromatic carbocycles. The number of benzene rings is 1. The van der Waals surface area contributed by atoms with E-state index in [1.54, 1.807) is 41.7 Å². The Morgan fingerprint density at radius 1 is 1.19 bits per heavy atom. The fourth-order valence-corrected chi connectivity index (χ4v) is 3.00. The Labute approximate surface area is 157 Å². The van der Waals surface area contributed by atoms with Crippen LogP contribution in [0.4, 0.5) is 13.2 Å². The number of nitrogens with one attached hydrogen (secondary N) is 2. The van der Waals surface area contributed by atoms with E-state index in [1.807, 2.05) is 17.5 Å². The van der Waals surface area contributed by atoms with Crippen LogP contribution in [0, 0.1) is 0 Å². The van der Waals surface area contributed by atoms with Gasteiger partial charge in [0.1, 0.15) is 6.61 Å². The number of halogens is 3. The van der Waals surface area contributed by atoms with E-state index in [0.29, 0.717) is 5.56 Å². The Balaban J connectivity index is 1.49. The maximum atomic E-state index is 12.2. The Hall–Kier alpha value is -2.65. The number of hydrogen-bond acceptors (Lipinski definition) is 4. The molecule has 0 atom stereocenters. The summed E-state index contributed by atoms with van der Waals surface area (Å²) in [6.07, 6.45) is -4.33. The van der Waals surface area contributed by atoms with Crippen molar-refractivity contribution in [2.45, 2.75) is 19.3 Å². The molecule has 1 amide bonds. The van der Waals surface area contributed by atoms with Gasteiger partial charge >= 0.3 is 6.18 Å². The molecule has 0 aliphatic carbocycles. The normalized spacial score (nSPS) is 11.5. The molecule has 27 heavy (non-hydrogen) atoms. The SMILES string of the molecule is O=C(NCc1ccc(COCC(F)(F)F)cc1)c1cc(-c2cccs2)[nH]n1. The van der Waals surface area contributed by atoms with Gasteiger partial charge in [0, 0.05) is 6.54 Å². The van der Waals surface area contributed by atoms with Crippen molar-refractivity contribution in [2.75, 3.05) is 6.61 Å². The van der Waals surface area contributed by atoms with E-state index in [1.165, 1.54) is 0 Å². The summed E-state index contributed by atoms with van der Waals surface area (Å²) in [5.74, 6) is -0.313. The first-order valence-electron chi connectivity index (χ1n) is 8.00. The van der Waals surface area contributed by atoms with E-state index in [-0.39, 0.29) is 24.8 Å². The summed E-state index contributed by atoms with van der Waals surface area (Å²) >= 11 is 1.54. The standard InChI is InChI=1S/C18H16F3N3O2S/c19-18(20,21)11-26-10-13-5-3-12(4-6-13)9-22-17(25)15-8-14(23-24-15)16-2-1-7-27-16/h1-8H,9-11H2,(H,22,25)(H,23,24). The molecule has 2 heterocycles. The van der Waals surface area contributed by atoms with Gasteiger partial charge in [-0.15, -0.1) is 11.3 Å². The third-order valence-corrected chi connectivity index (χ3v) is 4.51. The highest BCUT2D eigenvalue weighted by Gasteiger charge is 2.27. The van der Waals surface area contributed by atoms with Crippen LogP contribution >= 0.6 is 11.3 Å². The second-order valence-electron chi connectivity index (χ2n) is 5.75. The molecule has 0 saturated heterocycles. The number of rotatable bonds is 7. The molecule has 0 radical (unpaired) electrons. The van der Waals surface area contributed by atoms with Crippen LogP contribution in [0.5, 0.6) is 0 Å². The molecular weight excluding hydrogens is 379 g/mol. The molecule has 0 aliphatic rings. The smallest absolute Gasteiger partial charge is 0.367 e. The molecule has 5 nitrogen and oxygen atoms in total. The van der Waals surface area contributed by atoms with Crippen LogP contribution in [0.2, 0.25) is 0 Å². The van der Waals surface area contributed by atoms with E-state index < -0.39 is 12.8 Å². The third kappa shape index (κ3) is 5.66. The third-order valence-electron chi connectivity index (χ3n) is 3.61. The Kier molecular flexibility index (Phi) is 5.92. The molecule has 0 bridgehead atoms. The van der Waals surface area contributed by atoms with Crippen LogP contribution in [0.15, 0.2) is 47.8 Å². The highest BCUT2D eigenvalue weighted by molar-refractivity contribution is 7.13. The average molecular weight is 395 g/mol. The van der Waals surface area contributed by atoms with Crippen LogP contribution in [-0.2, 0) is 17.9 Å². The Morgan fingerprint density at radius 3 is 2.59 bits per heavy atom. The zero-order chi connectivity index (χ0) is 19.3. The van der Waals surface area contributed by atoms with Gasteiger partial charge in [0.05, 0.1) is 17.2 Å². The van der Waals surface area contributed by atoms with Gasteiger partial charge < -0.3 is 10.1 Å². The van der Waals surface area contributed by atoms with Crippen LogP contribution in [0.3, 0.4) is 0 Å². The Morgan fingerprint density at radius 2 is 1.93 bits per heavy atom. The van der Waals surface area contributed by atoms with E-state index in [0.717, 1.165) is 16.1 Å². The van der Waals surface area contributed by atoms with E-state index in [9.17, 15) is 18.0 Å². The van der Waals surface area contributed by atoms with Crippen molar-refractivity contribution in [1.29, 1.82) is 0 Å². The number of carbonyl (C=O) groups excluding carboxylic acids is 1. The number of aromatic amines is 1. The quantitative estimate of drug-likeness (QED) is 0.632. The molecule has 3 rings (SSSR count). The second-order valence-corrected chi connectivity index (χ2v) is 6.70. The van der Waals surface area contributed by atoms with Crippen LogP contribution in [-0.4, -0.2) is 28.9 Å². The van der Waals surface area contributed by atoms with E-state index in [2.05, 4.69) is 20.3 Å². The number of amides is 1. The number of carbonyl (C=O) groups is 1. The lowest BCUT2D eigenvalue weighted by Gasteiger charge is -2.08. The molecule has 0 saturated carbocycles. The minimum atomic E-state index is -4.33. The van der Waals surface area contributed by atoms with Crippen molar-refractivity contribution in [3.05, 3.63) is 64.7 Å². The lowest BCUT2D eigenvalue weighted by molar-refractivity contribution is -0.176. The molecule has 0 fully saturated rings. The fourth-order valence-electron chi connectivity index (χ4n) is 2.31. The molecule has 0 aliphatic heterocycles. The van der Waals surface area contributed by atoms with Crippen molar-refractivity contribution in [2.24, 2.45) is 0 Å². The van der Waals surface area contributed by atoms with Crippen LogP contribution < -0.4 is 5.32 Å². The van der Waals surface area contributed by atoms with Gasteiger partial charge in [0.2, 0.25) is 0 Å². The number of ether oxygens (including phenoxy) is 1. The molecule has 2 N–H and O–H groups in total. The van der Waals surface area contributed by atoms with Crippen molar-refractivity contribution >= 4 is 17.2 Å². The molecule has 3 aromatic rings. The number of nitrogens with zero attached hydrogens (tertiary/aromatic N) is 1. The van der Waals surface area contributed by atoms with Gasteiger partial charge in [-0.3, -0.25) is 9.89 Å². The predicted octanol–water partition coefficient (Wildman–Crippen LogP) is 4.15. The lowest BCUT2D eigenvalue weighted by atomic mass is 10.1. The largest absolute Gasteiger partial charge is 0.411 e. The molecule has 142 valence electrons. The summed E-state index contributed by atoms with van der Waals surface area (Å²) in [7, 11) is 0. The van der Waals surface area contributed by atoms with Gasteiger partial charge in [-0.2, -0.15) is 18.3 Å². The van der Waals surface area contributed by atoms with E-state index >= 15 is 0 Å². The summed E-state index contributed by atoms with van der Waals surface area (Å²) in [4.78, 5) is 13.2. The zero-order valence-electron chi connectivity index (χ0n) is 14.0. The first-order chi connectivity index (χ1) is 12.9. The number of alkyl halides is 3. The first-order valence-corrected chi connectivity index (χ1v) is 8.88. The maximum absolute atomic E-state index is 12.2. The van der Waals surface area contributed by atoms with Crippen molar-refractivity contribution in [1.82, 2.24) is 15.5 Å². The Bertz CT molecular complexity index is 874. The van der Waals surface area contributed by atoms with Gasteiger partial charge in [0.25, 0.3) is 5.91 Å². The lowest BCUT2D eigenvalue weighted by Crippen LogP contribution is -2.23. The van der Waals surface area contributed by atoms with Gasteiger partial charge in [-0.05, 0) is 28.6 Å². The summed E-state index contributed by atoms with van der Waals surface area (Å²) in [6, 6.07) is 12.3. The number of thiophene rings is 1. The predicted molar refractivity (Wildman–Crippen MR) is 95.2 cm³/mol.